The van der Waals surface area contributed by atoms with Gasteiger partial charge in [-0.3, -0.25) is 4.98 Å². The zero-order chi connectivity index (χ0) is 12.5. The molecule has 2 heterocycles. The highest BCUT2D eigenvalue weighted by atomic mass is 32.2. The average molecular weight is 258 g/mol. The van der Waals surface area contributed by atoms with Crippen molar-refractivity contribution in [2.45, 2.75) is 19.2 Å². The monoisotopic (exact) mass is 258 g/mol. The minimum atomic E-state index is 0.410. The van der Waals surface area contributed by atoms with Crippen LogP contribution < -0.4 is 5.32 Å². The van der Waals surface area contributed by atoms with Gasteiger partial charge in [-0.15, -0.1) is 11.8 Å². The minimum absolute atomic E-state index is 0.410. The second kappa shape index (κ2) is 4.90. The number of thioether (sulfide) groups is 1. The van der Waals surface area contributed by atoms with Gasteiger partial charge in [0.15, 0.2) is 0 Å². The molecule has 2 nitrogen and oxygen atoms in total. The maximum Gasteiger partial charge on any atom is 0.0796 e. The van der Waals surface area contributed by atoms with E-state index in [0.29, 0.717) is 5.37 Å². The molecule has 18 heavy (non-hydrogen) atoms. The van der Waals surface area contributed by atoms with E-state index in [1.807, 2.05) is 11.8 Å². The number of nitrogens with one attached hydrogen (secondary N) is 1. The van der Waals surface area contributed by atoms with Crippen molar-refractivity contribution in [2.24, 2.45) is 5.92 Å². The van der Waals surface area contributed by atoms with Gasteiger partial charge in [0, 0.05) is 11.1 Å². The van der Waals surface area contributed by atoms with Gasteiger partial charge >= 0.3 is 0 Å². The molecule has 3 rings (SSSR count). The maximum absolute atomic E-state index is 4.61. The van der Waals surface area contributed by atoms with Crippen LogP contribution in [0.15, 0.2) is 30.3 Å². The van der Waals surface area contributed by atoms with Crippen molar-refractivity contribution >= 4 is 22.7 Å². The minimum Gasteiger partial charge on any atom is -0.301 e. The number of rotatable bonds is 1. The number of aryl methyl sites for hydroxylation is 1. The zero-order valence-corrected chi connectivity index (χ0v) is 11.6. The number of hydrogen-bond donors (Lipinski definition) is 1. The van der Waals surface area contributed by atoms with Gasteiger partial charge in [-0.2, -0.15) is 0 Å². The third-order valence-corrected chi connectivity index (χ3v) is 4.87. The predicted octanol–water partition coefficient (Wildman–Crippen LogP) is 3.51. The SMILES string of the molecule is Cc1cc(C2NCC(C)CS2)c2ccccc2n1. The fraction of sp³-hybridized carbons (Fsp3) is 0.400. The normalized spacial score (nSPS) is 24.3. The molecule has 0 aliphatic carbocycles. The van der Waals surface area contributed by atoms with Crippen molar-refractivity contribution in [2.75, 3.05) is 12.3 Å². The molecule has 0 amide bonds. The van der Waals surface area contributed by atoms with E-state index < -0.39 is 0 Å². The number of para-hydroxylation sites is 1. The summed E-state index contributed by atoms with van der Waals surface area (Å²) in [6.07, 6.45) is 0. The summed E-state index contributed by atoms with van der Waals surface area (Å²) >= 11 is 2.01. The Labute approximate surface area is 112 Å². The molecule has 0 spiro atoms. The quantitative estimate of drug-likeness (QED) is 0.847. The second-order valence-electron chi connectivity index (χ2n) is 5.10. The molecule has 1 aromatic heterocycles. The number of pyridine rings is 1. The van der Waals surface area contributed by atoms with Crippen LogP contribution in [-0.4, -0.2) is 17.3 Å². The molecule has 1 saturated heterocycles. The topological polar surface area (TPSA) is 24.9 Å². The predicted molar refractivity (Wildman–Crippen MR) is 78.8 cm³/mol. The Kier molecular flexibility index (Phi) is 3.27. The molecule has 3 heteroatoms. The molecular formula is C15H18N2S. The summed E-state index contributed by atoms with van der Waals surface area (Å²) in [5, 5.41) is 5.33. The van der Waals surface area contributed by atoms with E-state index in [4.69, 9.17) is 0 Å². The van der Waals surface area contributed by atoms with Crippen LogP contribution in [0.3, 0.4) is 0 Å². The third kappa shape index (κ3) is 2.25. The molecule has 94 valence electrons. The lowest BCUT2D eigenvalue weighted by atomic mass is 10.1. The molecular weight excluding hydrogens is 240 g/mol. The lowest BCUT2D eigenvalue weighted by Gasteiger charge is -2.28. The van der Waals surface area contributed by atoms with E-state index in [9.17, 15) is 0 Å². The highest BCUT2D eigenvalue weighted by molar-refractivity contribution is 7.99. The lowest BCUT2D eigenvalue weighted by molar-refractivity contribution is 0.530. The Morgan fingerprint density at radius 3 is 2.94 bits per heavy atom. The summed E-state index contributed by atoms with van der Waals surface area (Å²) in [6, 6.07) is 10.7. The van der Waals surface area contributed by atoms with E-state index in [1.165, 1.54) is 16.7 Å². The first-order valence-electron chi connectivity index (χ1n) is 6.45. The Balaban J connectivity index is 2.05. The van der Waals surface area contributed by atoms with E-state index in [2.05, 4.69) is 54.5 Å². The van der Waals surface area contributed by atoms with Crippen molar-refractivity contribution in [3.63, 3.8) is 0 Å². The smallest absolute Gasteiger partial charge is 0.0796 e. The van der Waals surface area contributed by atoms with Crippen molar-refractivity contribution in [1.82, 2.24) is 10.3 Å². The van der Waals surface area contributed by atoms with Gasteiger partial charge in [0.25, 0.3) is 0 Å². The summed E-state index contributed by atoms with van der Waals surface area (Å²) in [5.74, 6) is 1.99. The molecule has 0 bridgehead atoms. The van der Waals surface area contributed by atoms with Crippen LogP contribution in [0.2, 0.25) is 0 Å². The highest BCUT2D eigenvalue weighted by Gasteiger charge is 2.21. The van der Waals surface area contributed by atoms with Gasteiger partial charge < -0.3 is 5.32 Å². The zero-order valence-electron chi connectivity index (χ0n) is 10.8. The Hall–Kier alpha value is -1.06. The molecule has 2 unspecified atom stereocenters. The Morgan fingerprint density at radius 2 is 2.17 bits per heavy atom. The molecule has 2 aromatic rings. The van der Waals surface area contributed by atoms with Gasteiger partial charge in [-0.25, -0.2) is 0 Å². The fourth-order valence-electron chi connectivity index (χ4n) is 2.44. The van der Waals surface area contributed by atoms with Crippen molar-refractivity contribution in [1.29, 1.82) is 0 Å². The van der Waals surface area contributed by atoms with Crippen molar-refractivity contribution in [3.8, 4) is 0 Å². The van der Waals surface area contributed by atoms with Gasteiger partial charge in [-0.05, 0) is 42.8 Å². The number of nitrogens with zero attached hydrogens (tertiary/aromatic N) is 1. The van der Waals surface area contributed by atoms with Crippen LogP contribution in [0.4, 0.5) is 0 Å². The maximum atomic E-state index is 4.61. The number of benzene rings is 1. The van der Waals surface area contributed by atoms with Crippen LogP contribution >= 0.6 is 11.8 Å². The van der Waals surface area contributed by atoms with Crippen LogP contribution in [0.1, 0.15) is 23.6 Å². The van der Waals surface area contributed by atoms with E-state index in [1.54, 1.807) is 0 Å². The first-order valence-corrected chi connectivity index (χ1v) is 7.50. The largest absolute Gasteiger partial charge is 0.301 e. The summed E-state index contributed by atoms with van der Waals surface area (Å²) in [6.45, 7) is 5.48. The molecule has 0 saturated carbocycles. The van der Waals surface area contributed by atoms with Gasteiger partial charge in [-0.1, -0.05) is 25.1 Å². The lowest BCUT2D eigenvalue weighted by Crippen LogP contribution is -2.31. The number of aromatic nitrogens is 1. The molecule has 1 aliphatic heterocycles. The standard InChI is InChI=1S/C15H18N2S/c1-10-8-16-15(18-9-10)13-7-11(2)17-14-6-4-3-5-12(13)14/h3-7,10,15-16H,8-9H2,1-2H3. The third-order valence-electron chi connectivity index (χ3n) is 3.36. The van der Waals surface area contributed by atoms with Crippen LogP contribution in [0, 0.1) is 12.8 Å². The van der Waals surface area contributed by atoms with Crippen LogP contribution in [0.25, 0.3) is 10.9 Å². The molecule has 1 fully saturated rings. The average Bonchev–Trinajstić information content (AvgIpc) is 2.38. The number of fused-ring (bicyclic) bond motifs is 1. The molecule has 0 radical (unpaired) electrons. The van der Waals surface area contributed by atoms with Gasteiger partial charge in [0.2, 0.25) is 0 Å². The van der Waals surface area contributed by atoms with Crippen molar-refractivity contribution < 1.29 is 0 Å². The molecule has 1 N–H and O–H groups in total. The molecule has 1 aromatic carbocycles. The van der Waals surface area contributed by atoms with Crippen molar-refractivity contribution in [3.05, 3.63) is 41.6 Å². The summed E-state index contributed by atoms with van der Waals surface area (Å²) in [4.78, 5) is 4.61. The molecule has 2 atom stereocenters. The first-order chi connectivity index (χ1) is 8.74. The fourth-order valence-corrected chi connectivity index (χ4v) is 3.67. The summed E-state index contributed by atoms with van der Waals surface area (Å²) in [5.41, 5.74) is 3.59. The Bertz CT molecular complexity index is 559. The van der Waals surface area contributed by atoms with Gasteiger partial charge in [0.05, 0.1) is 10.9 Å². The summed E-state index contributed by atoms with van der Waals surface area (Å²) < 4.78 is 0. The van der Waals surface area contributed by atoms with E-state index in [0.717, 1.165) is 23.7 Å². The molecule has 1 aliphatic rings. The van der Waals surface area contributed by atoms with Crippen LogP contribution in [0.5, 0.6) is 0 Å². The first kappa shape index (κ1) is 12.0. The van der Waals surface area contributed by atoms with Crippen LogP contribution in [-0.2, 0) is 0 Å². The van der Waals surface area contributed by atoms with E-state index in [-0.39, 0.29) is 0 Å². The van der Waals surface area contributed by atoms with Gasteiger partial charge in [0.1, 0.15) is 0 Å². The summed E-state index contributed by atoms with van der Waals surface area (Å²) in [7, 11) is 0. The number of hydrogen-bond acceptors (Lipinski definition) is 3. The Morgan fingerprint density at radius 1 is 1.33 bits per heavy atom. The van der Waals surface area contributed by atoms with E-state index >= 15 is 0 Å². The highest BCUT2D eigenvalue weighted by Crippen LogP contribution is 2.35. The second-order valence-corrected chi connectivity index (χ2v) is 6.23.